The van der Waals surface area contributed by atoms with Crippen LogP contribution in [-0.2, 0) is 20.3 Å². The summed E-state index contributed by atoms with van der Waals surface area (Å²) in [4.78, 5) is 0. The minimum atomic E-state index is -3.47. The summed E-state index contributed by atoms with van der Waals surface area (Å²) in [5.41, 5.74) is 4.06. The van der Waals surface area contributed by atoms with E-state index in [0.717, 1.165) is 6.42 Å². The van der Waals surface area contributed by atoms with Crippen LogP contribution in [-0.4, -0.2) is 7.11 Å². The Morgan fingerprint density at radius 2 is 1.27 bits per heavy atom. The second kappa shape index (κ2) is 10.9. The molecule has 0 bridgehead atoms. The maximum absolute atomic E-state index is 6.77. The normalized spacial score (nSPS) is 12.5. The number of rotatable bonds is 5. The molecule has 0 aliphatic heterocycles. The van der Waals surface area contributed by atoms with E-state index in [0.29, 0.717) is 0 Å². The third-order valence-corrected chi connectivity index (χ3v) is 12.8. The van der Waals surface area contributed by atoms with Crippen molar-refractivity contribution in [1.82, 2.24) is 0 Å². The first-order valence-electron chi connectivity index (χ1n) is 10.8. The average Bonchev–Trinajstić information content (AvgIpc) is 3.27. The second-order valence-electron chi connectivity index (χ2n) is 8.15. The van der Waals surface area contributed by atoms with E-state index in [1.54, 1.807) is 0 Å². The SMILES string of the molecule is C[O][Ti+2]([c]1ccccc1)([c]1ccccc1)[c]1c(C2=CC(C)=CC2)ccc2ccccc12.[Cl-].[Cl-]. The molecule has 1 aliphatic carbocycles. The molecule has 4 aromatic carbocycles. The van der Waals surface area contributed by atoms with Gasteiger partial charge in [0.2, 0.25) is 0 Å². The van der Waals surface area contributed by atoms with Crippen LogP contribution in [0.4, 0.5) is 0 Å². The van der Waals surface area contributed by atoms with Crippen molar-refractivity contribution in [3.05, 3.63) is 120 Å². The number of halogens is 2. The quantitative estimate of drug-likeness (QED) is 0.332. The zero-order valence-electron chi connectivity index (χ0n) is 18.8. The molecule has 0 unspecified atom stereocenters. The van der Waals surface area contributed by atoms with Crippen LogP contribution in [0.5, 0.6) is 0 Å². The van der Waals surface area contributed by atoms with E-state index in [9.17, 15) is 0 Å². The largest absolute Gasteiger partial charge is 1.00 e. The van der Waals surface area contributed by atoms with Crippen LogP contribution in [0.25, 0.3) is 16.3 Å². The Hall–Kier alpha value is -2.13. The number of benzene rings is 4. The van der Waals surface area contributed by atoms with E-state index in [-0.39, 0.29) is 24.8 Å². The standard InChI is InChI=1S/C16H13.2C6H5.CH3O.2ClH.Ti/c1-12-6-7-15(10-12)16-9-8-13-4-2-3-5-14(13)11-16;2*1-2-4-6-5-3-1;1-2;;;/h2-6,8-10H,7H2,1H3;2*1-5H;1H3;2*1H;/q;;;-1;;;+3/p-2. The summed E-state index contributed by atoms with van der Waals surface area (Å²) in [6, 6.07) is 35.1. The minimum Gasteiger partial charge on any atom is -1.00 e. The zero-order chi connectivity index (χ0) is 21.3. The molecule has 0 saturated heterocycles. The van der Waals surface area contributed by atoms with Crippen LogP contribution in [0.2, 0.25) is 0 Å². The molecule has 0 saturated carbocycles. The van der Waals surface area contributed by atoms with Gasteiger partial charge >= 0.3 is 189 Å². The van der Waals surface area contributed by atoms with E-state index in [2.05, 4.69) is 116 Å². The number of allylic oxidation sites excluding steroid dienone is 4. The topological polar surface area (TPSA) is 9.23 Å². The van der Waals surface area contributed by atoms with Gasteiger partial charge in [0.25, 0.3) is 0 Å². The summed E-state index contributed by atoms with van der Waals surface area (Å²) in [5.74, 6) is 0. The zero-order valence-corrected chi connectivity index (χ0v) is 21.8. The Morgan fingerprint density at radius 1 is 0.697 bits per heavy atom. The molecule has 1 aliphatic rings. The van der Waals surface area contributed by atoms with Crippen LogP contribution in [0.3, 0.4) is 0 Å². The maximum Gasteiger partial charge on any atom is -1.00 e. The first-order chi connectivity index (χ1) is 15.2. The summed E-state index contributed by atoms with van der Waals surface area (Å²) in [6.45, 7) is 2.19. The first kappa shape index (κ1) is 25.5. The van der Waals surface area contributed by atoms with Crippen LogP contribution >= 0.6 is 0 Å². The van der Waals surface area contributed by atoms with Crippen molar-refractivity contribution in [2.24, 2.45) is 0 Å². The fourth-order valence-corrected chi connectivity index (χ4v) is 11.4. The molecule has 4 aromatic rings. The minimum absolute atomic E-state index is 0. The monoisotopic (exact) mass is 508 g/mol. The van der Waals surface area contributed by atoms with Gasteiger partial charge in [0.05, 0.1) is 0 Å². The molecule has 5 rings (SSSR count). The predicted molar refractivity (Wildman–Crippen MR) is 129 cm³/mol. The molecule has 0 amide bonds. The van der Waals surface area contributed by atoms with E-state index < -0.39 is 17.0 Å². The van der Waals surface area contributed by atoms with Crippen molar-refractivity contribution < 1.29 is 45.1 Å². The van der Waals surface area contributed by atoms with Gasteiger partial charge in [-0.1, -0.05) is 0 Å². The van der Waals surface area contributed by atoms with Crippen molar-refractivity contribution in [3.8, 4) is 0 Å². The summed E-state index contributed by atoms with van der Waals surface area (Å²) in [7, 11) is 1.91. The van der Waals surface area contributed by atoms with E-state index in [1.807, 2.05) is 7.11 Å². The van der Waals surface area contributed by atoms with Crippen LogP contribution < -0.4 is 36.4 Å². The van der Waals surface area contributed by atoms with Gasteiger partial charge in [-0.3, -0.25) is 0 Å². The number of hydrogen-bond donors (Lipinski definition) is 0. The Labute approximate surface area is 212 Å². The van der Waals surface area contributed by atoms with Crippen LogP contribution in [0.15, 0.2) is 115 Å². The van der Waals surface area contributed by atoms with Gasteiger partial charge in [0, 0.05) is 0 Å². The summed E-state index contributed by atoms with van der Waals surface area (Å²) in [6.07, 6.45) is 5.63. The van der Waals surface area contributed by atoms with Crippen molar-refractivity contribution in [2.45, 2.75) is 13.3 Å². The van der Waals surface area contributed by atoms with Crippen LogP contribution in [0, 0.1) is 0 Å². The molecule has 0 spiro atoms. The van der Waals surface area contributed by atoms with Crippen molar-refractivity contribution >= 4 is 28.0 Å². The Kier molecular flexibility index (Phi) is 8.40. The smallest absolute Gasteiger partial charge is 1.00 e. The van der Waals surface area contributed by atoms with Gasteiger partial charge in [-0.15, -0.1) is 0 Å². The number of hydrogen-bond acceptors (Lipinski definition) is 1. The van der Waals surface area contributed by atoms with Crippen molar-refractivity contribution in [1.29, 1.82) is 0 Å². The Bertz CT molecular complexity index is 1260. The predicted octanol–water partition coefficient (Wildman–Crippen LogP) is -0.427. The molecule has 33 heavy (non-hydrogen) atoms. The van der Waals surface area contributed by atoms with Gasteiger partial charge in [-0.05, 0) is 0 Å². The molecule has 166 valence electrons. The molecule has 0 fully saturated rings. The molecule has 1 nitrogen and oxygen atoms in total. The maximum atomic E-state index is 6.77. The van der Waals surface area contributed by atoms with Gasteiger partial charge in [-0.2, -0.15) is 0 Å². The average molecular weight is 509 g/mol. The third-order valence-electron chi connectivity index (χ3n) is 6.34. The molecule has 0 radical (unpaired) electrons. The first-order valence-corrected chi connectivity index (χ1v) is 13.8. The molecular formula is C29H26Cl2OTi. The Morgan fingerprint density at radius 3 is 1.82 bits per heavy atom. The molecule has 0 atom stereocenters. The van der Waals surface area contributed by atoms with Gasteiger partial charge < -0.3 is 24.8 Å². The number of fused-ring (bicyclic) bond motifs is 1. The van der Waals surface area contributed by atoms with Crippen molar-refractivity contribution in [2.75, 3.05) is 7.11 Å². The third kappa shape index (κ3) is 4.49. The molecule has 0 aromatic heterocycles. The fourth-order valence-electron chi connectivity index (χ4n) is 4.91. The van der Waals surface area contributed by atoms with Gasteiger partial charge in [-0.25, -0.2) is 0 Å². The second-order valence-corrected chi connectivity index (χ2v) is 13.5. The van der Waals surface area contributed by atoms with Gasteiger partial charge in [0.15, 0.2) is 0 Å². The van der Waals surface area contributed by atoms with E-state index in [1.165, 1.54) is 39.1 Å². The Balaban J connectivity index is 0.00000153. The molecule has 4 heteroatoms. The van der Waals surface area contributed by atoms with Crippen LogP contribution in [0.1, 0.15) is 18.9 Å². The molecule has 0 N–H and O–H groups in total. The summed E-state index contributed by atoms with van der Waals surface area (Å²) < 4.78 is 10.8. The fraction of sp³-hybridized carbons (Fsp3) is 0.103. The molecular weight excluding hydrogens is 483 g/mol. The van der Waals surface area contributed by atoms with Gasteiger partial charge in [0.1, 0.15) is 0 Å². The molecule has 0 heterocycles. The van der Waals surface area contributed by atoms with E-state index in [4.69, 9.17) is 3.32 Å². The van der Waals surface area contributed by atoms with E-state index >= 15 is 0 Å². The summed E-state index contributed by atoms with van der Waals surface area (Å²) >= 11 is -3.47. The van der Waals surface area contributed by atoms with Crippen molar-refractivity contribution in [3.63, 3.8) is 0 Å². The summed E-state index contributed by atoms with van der Waals surface area (Å²) in [5, 5.41) is 2.57.